The minimum Gasteiger partial charge on any atom is -0.497 e. The second-order valence-corrected chi connectivity index (χ2v) is 4.53. The number of rotatable bonds is 4. The first kappa shape index (κ1) is 15.1. The van der Waals surface area contributed by atoms with Crippen molar-refractivity contribution < 1.29 is 22.7 Å². The molecule has 5 heteroatoms. The topological polar surface area (TPSA) is 26.3 Å². The Labute approximate surface area is 120 Å². The van der Waals surface area contributed by atoms with Crippen LogP contribution in [0.5, 0.6) is 5.75 Å². The van der Waals surface area contributed by atoms with Crippen LogP contribution in [0.2, 0.25) is 0 Å². The van der Waals surface area contributed by atoms with E-state index in [0.717, 1.165) is 17.7 Å². The summed E-state index contributed by atoms with van der Waals surface area (Å²) in [6, 6.07) is 11.2. The van der Waals surface area contributed by atoms with Gasteiger partial charge < -0.3 is 4.74 Å². The average Bonchev–Trinajstić information content (AvgIpc) is 2.46. The van der Waals surface area contributed by atoms with E-state index in [2.05, 4.69) is 0 Å². The third-order valence-corrected chi connectivity index (χ3v) is 3.03. The number of hydrogen-bond acceptors (Lipinski definition) is 2. The Morgan fingerprint density at radius 1 is 1.10 bits per heavy atom. The smallest absolute Gasteiger partial charge is 0.416 e. The number of Topliss-reactive ketones (excluding diaryl/α,β-unsaturated/α-hetero) is 1. The number of ketones is 1. The van der Waals surface area contributed by atoms with Crippen LogP contribution in [0.3, 0.4) is 0 Å². The van der Waals surface area contributed by atoms with Gasteiger partial charge in [-0.15, -0.1) is 0 Å². The van der Waals surface area contributed by atoms with Crippen molar-refractivity contribution in [2.45, 2.75) is 12.6 Å². The van der Waals surface area contributed by atoms with E-state index in [4.69, 9.17) is 4.74 Å². The summed E-state index contributed by atoms with van der Waals surface area (Å²) in [4.78, 5) is 12.1. The van der Waals surface area contributed by atoms with Gasteiger partial charge in [0.2, 0.25) is 0 Å². The van der Waals surface area contributed by atoms with Crippen molar-refractivity contribution in [3.05, 3.63) is 65.2 Å². The Morgan fingerprint density at radius 2 is 1.76 bits per heavy atom. The van der Waals surface area contributed by atoms with Crippen molar-refractivity contribution >= 4 is 5.78 Å². The summed E-state index contributed by atoms with van der Waals surface area (Å²) in [5.74, 6) is 0.393. The zero-order valence-corrected chi connectivity index (χ0v) is 11.3. The lowest BCUT2D eigenvalue weighted by molar-refractivity contribution is -0.137. The van der Waals surface area contributed by atoms with Crippen molar-refractivity contribution in [2.75, 3.05) is 7.11 Å². The molecular weight excluding hydrogens is 281 g/mol. The summed E-state index contributed by atoms with van der Waals surface area (Å²) in [6.45, 7) is 0. The number of carbonyl (C=O) groups excluding carboxylic acids is 1. The normalized spacial score (nSPS) is 11.2. The zero-order chi connectivity index (χ0) is 15.5. The van der Waals surface area contributed by atoms with E-state index < -0.39 is 11.7 Å². The van der Waals surface area contributed by atoms with Crippen molar-refractivity contribution in [3.8, 4) is 5.75 Å². The van der Waals surface area contributed by atoms with E-state index >= 15 is 0 Å². The van der Waals surface area contributed by atoms with Crippen LogP contribution in [0.25, 0.3) is 0 Å². The summed E-state index contributed by atoms with van der Waals surface area (Å²) < 4.78 is 42.4. The van der Waals surface area contributed by atoms with E-state index in [0.29, 0.717) is 5.75 Å². The Hall–Kier alpha value is -2.30. The number of ether oxygens (including phenoxy) is 1. The Balaban J connectivity index is 2.13. The first-order chi connectivity index (χ1) is 9.90. The molecule has 0 aromatic heterocycles. The maximum absolute atomic E-state index is 12.5. The number of benzene rings is 2. The van der Waals surface area contributed by atoms with Crippen molar-refractivity contribution in [1.82, 2.24) is 0 Å². The van der Waals surface area contributed by atoms with Crippen LogP contribution in [-0.4, -0.2) is 12.9 Å². The van der Waals surface area contributed by atoms with E-state index in [1.54, 1.807) is 24.3 Å². The minimum absolute atomic E-state index is 0.114. The van der Waals surface area contributed by atoms with Gasteiger partial charge in [-0.1, -0.05) is 24.3 Å². The van der Waals surface area contributed by atoms with Gasteiger partial charge in [0.05, 0.1) is 12.7 Å². The molecule has 21 heavy (non-hydrogen) atoms. The highest BCUT2D eigenvalue weighted by atomic mass is 19.4. The van der Waals surface area contributed by atoms with Crippen LogP contribution >= 0.6 is 0 Å². The molecule has 0 aliphatic heterocycles. The average molecular weight is 294 g/mol. The highest BCUT2D eigenvalue weighted by Crippen LogP contribution is 2.29. The molecule has 2 aromatic rings. The Morgan fingerprint density at radius 3 is 2.33 bits per heavy atom. The van der Waals surface area contributed by atoms with E-state index in [1.165, 1.54) is 19.2 Å². The van der Waals surface area contributed by atoms with Gasteiger partial charge in [-0.05, 0) is 29.8 Å². The predicted octanol–water partition coefficient (Wildman–Crippen LogP) is 4.14. The maximum Gasteiger partial charge on any atom is 0.416 e. The molecule has 0 amide bonds. The highest BCUT2D eigenvalue weighted by Gasteiger charge is 2.30. The van der Waals surface area contributed by atoms with Crippen molar-refractivity contribution in [3.63, 3.8) is 0 Å². The fourth-order valence-corrected chi connectivity index (χ4v) is 1.91. The lowest BCUT2D eigenvalue weighted by Gasteiger charge is -2.07. The molecule has 0 unspecified atom stereocenters. The summed E-state index contributed by atoms with van der Waals surface area (Å²) >= 11 is 0. The number of carbonyl (C=O) groups is 1. The Kier molecular flexibility index (Phi) is 4.31. The fourth-order valence-electron chi connectivity index (χ4n) is 1.91. The van der Waals surface area contributed by atoms with E-state index in [1.807, 2.05) is 0 Å². The predicted molar refractivity (Wildman–Crippen MR) is 72.5 cm³/mol. The molecule has 0 atom stereocenters. The number of alkyl halides is 3. The summed E-state index contributed by atoms with van der Waals surface area (Å²) in [5, 5.41) is 0. The molecule has 0 heterocycles. The monoisotopic (exact) mass is 294 g/mol. The number of hydrogen-bond donors (Lipinski definition) is 0. The van der Waals surface area contributed by atoms with Gasteiger partial charge in [-0.2, -0.15) is 13.2 Å². The van der Waals surface area contributed by atoms with Gasteiger partial charge in [0.25, 0.3) is 0 Å². The van der Waals surface area contributed by atoms with Crippen LogP contribution in [0.15, 0.2) is 48.5 Å². The minimum atomic E-state index is -4.39. The maximum atomic E-state index is 12.5. The number of halogens is 3. The highest BCUT2D eigenvalue weighted by molar-refractivity contribution is 5.97. The van der Waals surface area contributed by atoms with E-state index in [9.17, 15) is 18.0 Å². The molecule has 0 bridgehead atoms. The van der Waals surface area contributed by atoms with Gasteiger partial charge in [-0.25, -0.2) is 0 Å². The summed E-state index contributed by atoms with van der Waals surface area (Å²) in [5.41, 5.74) is 0.241. The zero-order valence-electron chi connectivity index (χ0n) is 11.3. The molecule has 0 saturated carbocycles. The van der Waals surface area contributed by atoms with Crippen molar-refractivity contribution in [2.24, 2.45) is 0 Å². The van der Waals surface area contributed by atoms with Crippen LogP contribution in [-0.2, 0) is 12.6 Å². The van der Waals surface area contributed by atoms with Gasteiger partial charge in [0, 0.05) is 12.0 Å². The van der Waals surface area contributed by atoms with Crippen LogP contribution in [0.1, 0.15) is 21.5 Å². The first-order valence-corrected chi connectivity index (χ1v) is 6.23. The molecule has 2 aromatic carbocycles. The van der Waals surface area contributed by atoms with E-state index in [-0.39, 0.29) is 17.8 Å². The molecule has 2 rings (SSSR count). The molecule has 110 valence electrons. The lowest BCUT2D eigenvalue weighted by Crippen LogP contribution is -2.07. The van der Waals surface area contributed by atoms with Gasteiger partial charge in [0.1, 0.15) is 5.75 Å². The molecule has 0 aliphatic rings. The van der Waals surface area contributed by atoms with Gasteiger partial charge in [0.15, 0.2) is 5.78 Å². The molecule has 0 N–H and O–H groups in total. The quantitative estimate of drug-likeness (QED) is 0.792. The Bertz CT molecular complexity index is 631. The second kappa shape index (κ2) is 5.99. The summed E-state index contributed by atoms with van der Waals surface area (Å²) in [6.07, 6.45) is -4.28. The third kappa shape index (κ3) is 3.84. The molecule has 0 fully saturated rings. The molecule has 0 radical (unpaired) electrons. The molecule has 2 nitrogen and oxygen atoms in total. The number of methoxy groups -OCH3 is 1. The first-order valence-electron chi connectivity index (χ1n) is 6.23. The molecule has 0 aliphatic carbocycles. The van der Waals surface area contributed by atoms with Gasteiger partial charge in [-0.3, -0.25) is 4.79 Å². The van der Waals surface area contributed by atoms with Crippen LogP contribution in [0.4, 0.5) is 13.2 Å². The van der Waals surface area contributed by atoms with Crippen LogP contribution in [0, 0.1) is 0 Å². The van der Waals surface area contributed by atoms with Gasteiger partial charge >= 0.3 is 6.18 Å². The molecule has 0 saturated heterocycles. The second-order valence-electron chi connectivity index (χ2n) is 4.53. The fraction of sp³-hybridized carbons (Fsp3) is 0.188. The standard InChI is InChI=1S/C16H13F3O2/c1-21-14-4-2-3-11(9-14)10-15(20)12-5-7-13(8-6-12)16(17,18)19/h2-9H,10H2,1H3. The third-order valence-electron chi connectivity index (χ3n) is 3.03. The van der Waals surface area contributed by atoms with Crippen LogP contribution < -0.4 is 4.74 Å². The molecule has 0 spiro atoms. The SMILES string of the molecule is COc1cccc(CC(=O)c2ccc(C(F)(F)F)cc2)c1. The van der Waals surface area contributed by atoms with Crippen molar-refractivity contribution in [1.29, 1.82) is 0 Å². The summed E-state index contributed by atoms with van der Waals surface area (Å²) in [7, 11) is 1.52. The lowest BCUT2D eigenvalue weighted by atomic mass is 10.0. The molecular formula is C16H13F3O2. The largest absolute Gasteiger partial charge is 0.497 e.